The first-order chi connectivity index (χ1) is 11.1. The molecule has 0 bridgehead atoms. The Morgan fingerprint density at radius 3 is 2.65 bits per heavy atom. The topological polar surface area (TPSA) is 58.6 Å². The van der Waals surface area contributed by atoms with Gasteiger partial charge in [-0.3, -0.25) is 0 Å². The molecule has 1 aliphatic heterocycles. The Morgan fingerprint density at radius 1 is 1.30 bits per heavy atom. The molecule has 1 aromatic rings. The summed E-state index contributed by atoms with van der Waals surface area (Å²) < 4.78 is 30.6. The molecular formula is C17H26N2O3S. The van der Waals surface area contributed by atoms with Crippen LogP contribution in [-0.4, -0.2) is 51.3 Å². The summed E-state index contributed by atoms with van der Waals surface area (Å²) in [5, 5.41) is 3.47. The van der Waals surface area contributed by atoms with Crippen LogP contribution in [-0.2, 0) is 10.0 Å². The average Bonchev–Trinajstić information content (AvgIpc) is 2.59. The number of nitrogens with zero attached hydrogens (tertiary/aromatic N) is 1. The van der Waals surface area contributed by atoms with Gasteiger partial charge in [0.2, 0.25) is 10.0 Å². The van der Waals surface area contributed by atoms with Gasteiger partial charge in [-0.1, -0.05) is 30.4 Å². The largest absolute Gasteiger partial charge is 0.496 e. The number of sulfonamides is 1. The van der Waals surface area contributed by atoms with Gasteiger partial charge in [0.15, 0.2) is 0 Å². The summed E-state index contributed by atoms with van der Waals surface area (Å²) in [6.07, 6.45) is 5.85. The van der Waals surface area contributed by atoms with E-state index in [1.165, 1.54) is 0 Å². The zero-order valence-corrected chi connectivity index (χ0v) is 14.7. The van der Waals surface area contributed by atoms with Gasteiger partial charge in [0, 0.05) is 31.2 Å². The van der Waals surface area contributed by atoms with Crippen molar-refractivity contribution < 1.29 is 13.2 Å². The van der Waals surface area contributed by atoms with E-state index in [1.54, 1.807) is 18.3 Å². The summed E-state index contributed by atoms with van der Waals surface area (Å²) in [6.45, 7) is 3.69. The van der Waals surface area contributed by atoms with Gasteiger partial charge >= 0.3 is 0 Å². The molecular weight excluding hydrogens is 312 g/mol. The Kier molecular flexibility index (Phi) is 6.62. The van der Waals surface area contributed by atoms with Crippen molar-refractivity contribution in [3.63, 3.8) is 0 Å². The van der Waals surface area contributed by atoms with Crippen molar-refractivity contribution in [3.8, 4) is 5.75 Å². The van der Waals surface area contributed by atoms with Crippen molar-refractivity contribution in [3.05, 3.63) is 35.9 Å². The molecule has 0 atom stereocenters. The summed E-state index contributed by atoms with van der Waals surface area (Å²) in [4.78, 5) is 0. The first-order valence-corrected chi connectivity index (χ1v) is 9.68. The highest BCUT2D eigenvalue weighted by Crippen LogP contribution is 2.18. The van der Waals surface area contributed by atoms with Crippen molar-refractivity contribution in [1.29, 1.82) is 0 Å². The molecule has 0 amide bonds. The number of hydrogen-bond acceptors (Lipinski definition) is 4. The van der Waals surface area contributed by atoms with Crippen LogP contribution in [0, 0.1) is 0 Å². The molecule has 23 heavy (non-hydrogen) atoms. The predicted octanol–water partition coefficient (Wildman–Crippen LogP) is 2.11. The number of para-hydroxylation sites is 1. The van der Waals surface area contributed by atoms with Crippen LogP contribution >= 0.6 is 0 Å². The van der Waals surface area contributed by atoms with E-state index < -0.39 is 10.0 Å². The number of ether oxygens (including phenoxy) is 1. The smallest absolute Gasteiger partial charge is 0.213 e. The molecule has 0 aliphatic carbocycles. The number of nitrogens with one attached hydrogen (secondary N) is 1. The summed E-state index contributed by atoms with van der Waals surface area (Å²) >= 11 is 0. The Labute approximate surface area is 139 Å². The van der Waals surface area contributed by atoms with E-state index in [1.807, 2.05) is 30.3 Å². The number of rotatable bonds is 7. The molecule has 1 heterocycles. The second-order valence-electron chi connectivity index (χ2n) is 5.63. The Morgan fingerprint density at radius 2 is 2.00 bits per heavy atom. The average molecular weight is 338 g/mol. The third-order valence-electron chi connectivity index (χ3n) is 4.17. The van der Waals surface area contributed by atoms with E-state index in [0.717, 1.165) is 30.7 Å². The van der Waals surface area contributed by atoms with Crippen molar-refractivity contribution in [1.82, 2.24) is 9.62 Å². The fraction of sp³-hybridized carbons (Fsp3) is 0.529. The second-order valence-corrected chi connectivity index (χ2v) is 7.88. The third kappa shape index (κ3) is 5.06. The highest BCUT2D eigenvalue weighted by Gasteiger charge is 2.25. The molecule has 2 rings (SSSR count). The molecule has 1 fully saturated rings. The summed E-state index contributed by atoms with van der Waals surface area (Å²) in [6, 6.07) is 8.27. The van der Waals surface area contributed by atoms with Crippen LogP contribution in [0.5, 0.6) is 5.75 Å². The van der Waals surface area contributed by atoms with E-state index in [-0.39, 0.29) is 5.75 Å². The molecule has 5 nitrogen and oxygen atoms in total. The lowest BCUT2D eigenvalue weighted by Gasteiger charge is -2.31. The summed E-state index contributed by atoms with van der Waals surface area (Å²) in [5.41, 5.74) is 1.06. The van der Waals surface area contributed by atoms with Gasteiger partial charge in [0.25, 0.3) is 0 Å². The molecule has 128 valence electrons. The number of benzene rings is 1. The van der Waals surface area contributed by atoms with Gasteiger partial charge in [0.1, 0.15) is 5.75 Å². The van der Waals surface area contributed by atoms with Crippen LogP contribution in [0.15, 0.2) is 30.3 Å². The molecule has 0 saturated carbocycles. The lowest BCUT2D eigenvalue weighted by molar-refractivity contribution is 0.295. The lowest BCUT2D eigenvalue weighted by Crippen LogP contribution is -2.45. The standard InChI is InChI=1S/C17H26N2O3S/c1-3-23(20,21)19-13-10-16(11-14-19)18-12-6-8-15-7-4-5-9-17(15)22-2/h4-9,16,18H,3,10-14H2,1-2H3/b8-6-. The van der Waals surface area contributed by atoms with Gasteiger partial charge < -0.3 is 10.1 Å². The minimum atomic E-state index is -3.04. The monoisotopic (exact) mass is 338 g/mol. The zero-order valence-electron chi connectivity index (χ0n) is 13.9. The molecule has 1 saturated heterocycles. The Bertz CT molecular complexity index is 620. The van der Waals surface area contributed by atoms with E-state index in [4.69, 9.17) is 4.74 Å². The molecule has 0 spiro atoms. The first-order valence-electron chi connectivity index (χ1n) is 8.07. The first kappa shape index (κ1) is 18.0. The summed E-state index contributed by atoms with van der Waals surface area (Å²) in [5.74, 6) is 1.05. The lowest BCUT2D eigenvalue weighted by atomic mass is 10.1. The SMILES string of the molecule is CCS(=O)(=O)N1CCC(NC/C=C\c2ccccc2OC)CC1. The van der Waals surface area contributed by atoms with Crippen LogP contribution in [0.2, 0.25) is 0 Å². The van der Waals surface area contributed by atoms with E-state index in [9.17, 15) is 8.42 Å². The molecule has 0 aromatic heterocycles. The highest BCUT2D eigenvalue weighted by atomic mass is 32.2. The molecule has 0 radical (unpaired) electrons. The minimum absolute atomic E-state index is 0.187. The maximum atomic E-state index is 11.8. The van der Waals surface area contributed by atoms with Crippen molar-refractivity contribution in [2.75, 3.05) is 32.5 Å². The quantitative estimate of drug-likeness (QED) is 0.827. The van der Waals surface area contributed by atoms with Gasteiger partial charge in [-0.05, 0) is 25.8 Å². The predicted molar refractivity (Wildman–Crippen MR) is 94.1 cm³/mol. The van der Waals surface area contributed by atoms with Crippen molar-refractivity contribution in [2.24, 2.45) is 0 Å². The molecule has 1 aliphatic rings. The van der Waals surface area contributed by atoms with Gasteiger partial charge in [0.05, 0.1) is 12.9 Å². The molecule has 6 heteroatoms. The highest BCUT2D eigenvalue weighted by molar-refractivity contribution is 7.89. The fourth-order valence-corrected chi connectivity index (χ4v) is 3.88. The van der Waals surface area contributed by atoms with E-state index in [2.05, 4.69) is 11.4 Å². The van der Waals surface area contributed by atoms with Crippen LogP contribution in [0.25, 0.3) is 6.08 Å². The minimum Gasteiger partial charge on any atom is -0.496 e. The zero-order chi connectivity index (χ0) is 16.7. The van der Waals surface area contributed by atoms with Gasteiger partial charge in [-0.2, -0.15) is 0 Å². The molecule has 1 aromatic carbocycles. The molecule has 0 unspecified atom stereocenters. The maximum absolute atomic E-state index is 11.8. The number of hydrogen-bond donors (Lipinski definition) is 1. The van der Waals surface area contributed by atoms with Gasteiger partial charge in [-0.15, -0.1) is 0 Å². The van der Waals surface area contributed by atoms with Crippen LogP contribution < -0.4 is 10.1 Å². The third-order valence-corrected chi connectivity index (χ3v) is 6.05. The van der Waals surface area contributed by atoms with Crippen molar-refractivity contribution >= 4 is 16.1 Å². The van der Waals surface area contributed by atoms with Crippen LogP contribution in [0.4, 0.5) is 0 Å². The summed E-state index contributed by atoms with van der Waals surface area (Å²) in [7, 11) is -1.37. The van der Waals surface area contributed by atoms with Crippen LogP contribution in [0.3, 0.4) is 0 Å². The van der Waals surface area contributed by atoms with Crippen molar-refractivity contribution in [2.45, 2.75) is 25.8 Å². The Balaban J connectivity index is 1.77. The van der Waals surface area contributed by atoms with Gasteiger partial charge in [-0.25, -0.2) is 12.7 Å². The normalized spacial score (nSPS) is 17.7. The number of piperidine rings is 1. The maximum Gasteiger partial charge on any atom is 0.213 e. The van der Waals surface area contributed by atoms with E-state index >= 15 is 0 Å². The second kappa shape index (κ2) is 8.47. The number of methoxy groups -OCH3 is 1. The fourth-order valence-electron chi connectivity index (χ4n) is 2.75. The van der Waals surface area contributed by atoms with Crippen LogP contribution in [0.1, 0.15) is 25.3 Å². The molecule has 1 N–H and O–H groups in total. The van der Waals surface area contributed by atoms with E-state index in [0.29, 0.717) is 19.1 Å². The Hall–Kier alpha value is -1.37.